The molecule has 0 aromatic carbocycles. The van der Waals surface area contributed by atoms with Crippen molar-refractivity contribution in [2.45, 2.75) is 38.6 Å². The van der Waals surface area contributed by atoms with E-state index in [9.17, 15) is 4.79 Å². The molecule has 1 aliphatic rings. The van der Waals surface area contributed by atoms with Gasteiger partial charge >= 0.3 is 0 Å². The summed E-state index contributed by atoms with van der Waals surface area (Å²) in [5.74, 6) is 0.538. The Labute approximate surface area is 108 Å². The van der Waals surface area contributed by atoms with Crippen LogP contribution in [0, 0.1) is 12.8 Å². The highest BCUT2D eigenvalue weighted by Gasteiger charge is 2.20. The van der Waals surface area contributed by atoms with Crippen molar-refractivity contribution >= 4 is 5.91 Å². The SMILES string of the molecule is Cc1cc(C(=O)NCC2CCC(N)CC2)n(C)n1. The molecule has 0 atom stereocenters. The molecule has 0 spiro atoms. The van der Waals surface area contributed by atoms with E-state index < -0.39 is 0 Å². The second kappa shape index (κ2) is 5.52. The second-order valence-corrected chi connectivity index (χ2v) is 5.29. The lowest BCUT2D eigenvalue weighted by Gasteiger charge is -2.26. The van der Waals surface area contributed by atoms with Gasteiger partial charge in [0.25, 0.3) is 5.91 Å². The molecule has 100 valence electrons. The molecule has 0 radical (unpaired) electrons. The summed E-state index contributed by atoms with van der Waals surface area (Å²) >= 11 is 0. The van der Waals surface area contributed by atoms with Crippen LogP contribution in [-0.4, -0.2) is 28.3 Å². The first kappa shape index (κ1) is 13.1. The van der Waals surface area contributed by atoms with Gasteiger partial charge in [0.15, 0.2) is 0 Å². The van der Waals surface area contributed by atoms with Gasteiger partial charge in [0.2, 0.25) is 0 Å². The third-order valence-electron chi connectivity index (χ3n) is 3.68. The Kier molecular flexibility index (Phi) is 4.01. The fraction of sp³-hybridized carbons (Fsp3) is 0.692. The molecule has 1 heterocycles. The maximum absolute atomic E-state index is 12.0. The predicted molar refractivity (Wildman–Crippen MR) is 70.2 cm³/mol. The van der Waals surface area contributed by atoms with Crippen LogP contribution in [0.15, 0.2) is 6.07 Å². The van der Waals surface area contributed by atoms with Crippen molar-refractivity contribution in [3.05, 3.63) is 17.5 Å². The number of amides is 1. The van der Waals surface area contributed by atoms with Gasteiger partial charge in [0.05, 0.1) is 5.69 Å². The molecule has 1 fully saturated rings. The van der Waals surface area contributed by atoms with E-state index in [4.69, 9.17) is 5.73 Å². The van der Waals surface area contributed by atoms with Gasteiger partial charge in [-0.25, -0.2) is 0 Å². The average molecular weight is 250 g/mol. The van der Waals surface area contributed by atoms with Gasteiger partial charge in [-0.1, -0.05) is 0 Å². The van der Waals surface area contributed by atoms with Gasteiger partial charge in [0, 0.05) is 19.6 Å². The van der Waals surface area contributed by atoms with Crippen LogP contribution in [-0.2, 0) is 7.05 Å². The minimum atomic E-state index is -0.0343. The Balaban J connectivity index is 1.83. The third kappa shape index (κ3) is 3.10. The number of nitrogens with zero attached hydrogens (tertiary/aromatic N) is 2. The molecule has 0 aliphatic heterocycles. The quantitative estimate of drug-likeness (QED) is 0.839. The minimum Gasteiger partial charge on any atom is -0.350 e. The summed E-state index contributed by atoms with van der Waals surface area (Å²) in [6.07, 6.45) is 4.38. The zero-order chi connectivity index (χ0) is 13.1. The Morgan fingerprint density at radius 3 is 2.72 bits per heavy atom. The highest BCUT2D eigenvalue weighted by molar-refractivity contribution is 5.92. The molecule has 0 bridgehead atoms. The molecule has 2 rings (SSSR count). The molecule has 0 unspecified atom stereocenters. The van der Waals surface area contributed by atoms with E-state index in [2.05, 4.69) is 10.4 Å². The summed E-state index contributed by atoms with van der Waals surface area (Å²) in [6.45, 7) is 2.63. The normalized spacial score (nSPS) is 23.9. The van der Waals surface area contributed by atoms with Crippen molar-refractivity contribution in [2.24, 2.45) is 18.7 Å². The average Bonchev–Trinajstić information content (AvgIpc) is 2.67. The van der Waals surface area contributed by atoms with Crippen molar-refractivity contribution in [1.82, 2.24) is 15.1 Å². The Morgan fingerprint density at radius 2 is 2.17 bits per heavy atom. The molecule has 5 heteroatoms. The highest BCUT2D eigenvalue weighted by atomic mass is 16.2. The lowest BCUT2D eigenvalue weighted by molar-refractivity contribution is 0.0933. The second-order valence-electron chi connectivity index (χ2n) is 5.29. The van der Waals surface area contributed by atoms with Gasteiger partial charge in [-0.05, 0) is 44.6 Å². The van der Waals surface area contributed by atoms with Crippen LogP contribution in [0.4, 0.5) is 0 Å². The summed E-state index contributed by atoms with van der Waals surface area (Å²) in [5, 5.41) is 7.17. The molecular weight excluding hydrogens is 228 g/mol. The van der Waals surface area contributed by atoms with Gasteiger partial charge in [-0.2, -0.15) is 5.10 Å². The lowest BCUT2D eigenvalue weighted by Crippen LogP contribution is -2.34. The van der Waals surface area contributed by atoms with E-state index in [-0.39, 0.29) is 5.91 Å². The minimum absolute atomic E-state index is 0.0343. The van der Waals surface area contributed by atoms with Gasteiger partial charge < -0.3 is 11.1 Å². The number of nitrogens with two attached hydrogens (primary N) is 1. The van der Waals surface area contributed by atoms with E-state index in [0.717, 1.165) is 37.9 Å². The number of carbonyl (C=O) groups is 1. The Morgan fingerprint density at radius 1 is 1.50 bits per heavy atom. The molecule has 18 heavy (non-hydrogen) atoms. The third-order valence-corrected chi connectivity index (χ3v) is 3.68. The Bertz CT molecular complexity index is 419. The zero-order valence-corrected chi connectivity index (χ0v) is 11.1. The monoisotopic (exact) mass is 250 g/mol. The summed E-state index contributed by atoms with van der Waals surface area (Å²) in [5.41, 5.74) is 7.36. The van der Waals surface area contributed by atoms with Gasteiger partial charge in [-0.3, -0.25) is 9.48 Å². The molecule has 1 saturated carbocycles. The highest BCUT2D eigenvalue weighted by Crippen LogP contribution is 2.22. The molecule has 1 aromatic rings. The van der Waals surface area contributed by atoms with Crippen molar-refractivity contribution in [1.29, 1.82) is 0 Å². The number of carbonyl (C=O) groups excluding carboxylic acids is 1. The van der Waals surface area contributed by atoms with E-state index in [1.165, 1.54) is 0 Å². The molecule has 1 aromatic heterocycles. The fourth-order valence-corrected chi connectivity index (χ4v) is 2.54. The summed E-state index contributed by atoms with van der Waals surface area (Å²) in [7, 11) is 1.79. The topological polar surface area (TPSA) is 72.9 Å². The molecule has 1 aliphatic carbocycles. The largest absolute Gasteiger partial charge is 0.350 e. The molecule has 1 amide bonds. The first-order chi connectivity index (χ1) is 8.56. The van der Waals surface area contributed by atoms with Crippen LogP contribution in [0.25, 0.3) is 0 Å². The zero-order valence-electron chi connectivity index (χ0n) is 11.1. The van der Waals surface area contributed by atoms with Crippen LogP contribution >= 0.6 is 0 Å². The van der Waals surface area contributed by atoms with E-state index in [1.54, 1.807) is 11.7 Å². The molecular formula is C13H22N4O. The number of aryl methyl sites for hydroxylation is 2. The van der Waals surface area contributed by atoms with Crippen LogP contribution in [0.1, 0.15) is 41.9 Å². The van der Waals surface area contributed by atoms with Crippen LogP contribution in [0.2, 0.25) is 0 Å². The van der Waals surface area contributed by atoms with Crippen LogP contribution < -0.4 is 11.1 Å². The van der Waals surface area contributed by atoms with Gasteiger partial charge in [0.1, 0.15) is 5.69 Å². The standard InChI is InChI=1S/C13H22N4O/c1-9-7-12(17(2)16-9)13(18)15-8-10-3-5-11(14)6-4-10/h7,10-11H,3-6,8,14H2,1-2H3,(H,15,18). The maximum atomic E-state index is 12.0. The Hall–Kier alpha value is -1.36. The molecule has 3 N–H and O–H groups in total. The first-order valence-corrected chi connectivity index (χ1v) is 6.60. The lowest BCUT2D eigenvalue weighted by atomic mass is 9.86. The summed E-state index contributed by atoms with van der Waals surface area (Å²) in [4.78, 5) is 12.0. The number of aromatic nitrogens is 2. The number of rotatable bonds is 3. The smallest absolute Gasteiger partial charge is 0.269 e. The number of hydrogen-bond acceptors (Lipinski definition) is 3. The fourth-order valence-electron chi connectivity index (χ4n) is 2.54. The van der Waals surface area contributed by atoms with Crippen molar-refractivity contribution < 1.29 is 4.79 Å². The van der Waals surface area contributed by atoms with Gasteiger partial charge in [-0.15, -0.1) is 0 Å². The predicted octanol–water partition coefficient (Wildman–Crippen LogP) is 0.976. The molecule has 0 saturated heterocycles. The van der Waals surface area contributed by atoms with Crippen LogP contribution in [0.5, 0.6) is 0 Å². The first-order valence-electron chi connectivity index (χ1n) is 6.60. The maximum Gasteiger partial charge on any atom is 0.269 e. The summed E-state index contributed by atoms with van der Waals surface area (Å²) < 4.78 is 1.63. The molecule has 5 nitrogen and oxygen atoms in total. The van der Waals surface area contributed by atoms with E-state index in [1.807, 2.05) is 13.0 Å². The number of nitrogens with one attached hydrogen (secondary N) is 1. The van der Waals surface area contributed by atoms with Crippen LogP contribution in [0.3, 0.4) is 0 Å². The van der Waals surface area contributed by atoms with Crippen molar-refractivity contribution in [2.75, 3.05) is 6.54 Å². The number of hydrogen-bond donors (Lipinski definition) is 2. The summed E-state index contributed by atoms with van der Waals surface area (Å²) in [6, 6.07) is 2.17. The van der Waals surface area contributed by atoms with Crippen molar-refractivity contribution in [3.8, 4) is 0 Å². The van der Waals surface area contributed by atoms with Crippen molar-refractivity contribution in [3.63, 3.8) is 0 Å². The van der Waals surface area contributed by atoms with E-state index in [0.29, 0.717) is 17.7 Å². The van der Waals surface area contributed by atoms with E-state index >= 15 is 0 Å².